The van der Waals surface area contributed by atoms with Crippen molar-refractivity contribution >= 4 is 11.8 Å². The lowest BCUT2D eigenvalue weighted by atomic mass is 9.92. The maximum atomic E-state index is 11.1. The molecule has 0 N–H and O–H groups in total. The number of esters is 1. The van der Waals surface area contributed by atoms with E-state index in [1.165, 1.54) is 0 Å². The van der Waals surface area contributed by atoms with Crippen LogP contribution in [0, 0.1) is 11.8 Å². The SMILES string of the molecule is CCC(=O)C1C(=O)OCC1C. The zero-order valence-corrected chi connectivity index (χ0v) is 6.79. The maximum absolute atomic E-state index is 11.1. The highest BCUT2D eigenvalue weighted by molar-refractivity contribution is 6.00. The fourth-order valence-electron chi connectivity index (χ4n) is 1.30. The van der Waals surface area contributed by atoms with E-state index < -0.39 is 5.92 Å². The molecule has 0 aromatic heterocycles. The molecule has 62 valence electrons. The highest BCUT2D eigenvalue weighted by Gasteiger charge is 2.38. The molecule has 0 aromatic rings. The number of ketones is 1. The van der Waals surface area contributed by atoms with Crippen LogP contribution < -0.4 is 0 Å². The lowest BCUT2D eigenvalue weighted by Crippen LogP contribution is -2.23. The van der Waals surface area contributed by atoms with Gasteiger partial charge in [0, 0.05) is 12.3 Å². The van der Waals surface area contributed by atoms with Gasteiger partial charge in [0.05, 0.1) is 6.61 Å². The zero-order chi connectivity index (χ0) is 8.43. The molecule has 0 radical (unpaired) electrons. The van der Waals surface area contributed by atoms with Crippen molar-refractivity contribution < 1.29 is 14.3 Å². The first-order chi connectivity index (χ1) is 5.16. The average Bonchev–Trinajstić information content (AvgIpc) is 2.30. The molecule has 2 atom stereocenters. The number of ether oxygens (including phenoxy) is 1. The number of carbonyl (C=O) groups excluding carboxylic acids is 2. The van der Waals surface area contributed by atoms with Crippen molar-refractivity contribution in [2.75, 3.05) is 6.61 Å². The van der Waals surface area contributed by atoms with Gasteiger partial charge in [0.15, 0.2) is 0 Å². The largest absolute Gasteiger partial charge is 0.465 e. The molecule has 3 heteroatoms. The Morgan fingerprint density at radius 3 is 2.73 bits per heavy atom. The molecule has 1 rings (SSSR count). The summed E-state index contributed by atoms with van der Waals surface area (Å²) >= 11 is 0. The van der Waals surface area contributed by atoms with Gasteiger partial charge in [0.1, 0.15) is 11.7 Å². The van der Waals surface area contributed by atoms with Crippen LogP contribution in [0.5, 0.6) is 0 Å². The van der Waals surface area contributed by atoms with E-state index in [4.69, 9.17) is 4.74 Å². The van der Waals surface area contributed by atoms with Crippen molar-refractivity contribution in [2.24, 2.45) is 11.8 Å². The molecular formula is C8H12O3. The van der Waals surface area contributed by atoms with Gasteiger partial charge >= 0.3 is 5.97 Å². The molecule has 0 aromatic carbocycles. The molecule has 0 aliphatic carbocycles. The Balaban J connectivity index is 2.68. The fourth-order valence-corrected chi connectivity index (χ4v) is 1.30. The number of carbonyl (C=O) groups is 2. The zero-order valence-electron chi connectivity index (χ0n) is 6.79. The van der Waals surface area contributed by atoms with Gasteiger partial charge in [-0.3, -0.25) is 9.59 Å². The fraction of sp³-hybridized carbons (Fsp3) is 0.750. The summed E-state index contributed by atoms with van der Waals surface area (Å²) in [6.45, 7) is 4.03. The van der Waals surface area contributed by atoms with Gasteiger partial charge in [0.25, 0.3) is 0 Å². The molecule has 1 fully saturated rings. The molecule has 3 nitrogen and oxygen atoms in total. The molecule has 1 aliphatic rings. The van der Waals surface area contributed by atoms with Gasteiger partial charge in [-0.2, -0.15) is 0 Å². The average molecular weight is 156 g/mol. The Morgan fingerprint density at radius 2 is 2.36 bits per heavy atom. The third-order valence-electron chi connectivity index (χ3n) is 2.01. The van der Waals surface area contributed by atoms with Crippen molar-refractivity contribution in [2.45, 2.75) is 20.3 Å². The van der Waals surface area contributed by atoms with Crippen LogP contribution in [0.25, 0.3) is 0 Å². The van der Waals surface area contributed by atoms with Crippen LogP contribution >= 0.6 is 0 Å². The molecule has 0 amide bonds. The van der Waals surface area contributed by atoms with Crippen LogP contribution in [0.1, 0.15) is 20.3 Å². The van der Waals surface area contributed by atoms with E-state index in [2.05, 4.69) is 0 Å². The van der Waals surface area contributed by atoms with Crippen molar-refractivity contribution in [3.05, 3.63) is 0 Å². The number of Topliss-reactive ketones (excluding diaryl/α,β-unsaturated/α-hetero) is 1. The Kier molecular flexibility index (Phi) is 2.27. The second-order valence-electron chi connectivity index (χ2n) is 2.90. The van der Waals surface area contributed by atoms with E-state index in [0.29, 0.717) is 13.0 Å². The Labute approximate surface area is 65.7 Å². The molecule has 11 heavy (non-hydrogen) atoms. The molecule has 0 bridgehead atoms. The molecule has 0 spiro atoms. The highest BCUT2D eigenvalue weighted by Crippen LogP contribution is 2.23. The van der Waals surface area contributed by atoms with Gasteiger partial charge in [-0.1, -0.05) is 13.8 Å². The van der Waals surface area contributed by atoms with Crippen LogP contribution in [-0.2, 0) is 14.3 Å². The van der Waals surface area contributed by atoms with Crippen LogP contribution in [0.15, 0.2) is 0 Å². The Bertz CT molecular complexity index is 186. The number of cyclic esters (lactones) is 1. The second kappa shape index (κ2) is 3.03. The second-order valence-corrected chi connectivity index (χ2v) is 2.90. The van der Waals surface area contributed by atoms with E-state index in [1.807, 2.05) is 6.92 Å². The predicted molar refractivity (Wildman–Crippen MR) is 38.9 cm³/mol. The van der Waals surface area contributed by atoms with Crippen LogP contribution in [0.4, 0.5) is 0 Å². The summed E-state index contributed by atoms with van der Waals surface area (Å²) < 4.78 is 4.74. The summed E-state index contributed by atoms with van der Waals surface area (Å²) in [5, 5.41) is 0. The topological polar surface area (TPSA) is 43.4 Å². The van der Waals surface area contributed by atoms with Gasteiger partial charge in [0.2, 0.25) is 0 Å². The highest BCUT2D eigenvalue weighted by atomic mass is 16.5. The van der Waals surface area contributed by atoms with Gasteiger partial charge in [-0.15, -0.1) is 0 Å². The number of hydrogen-bond acceptors (Lipinski definition) is 3. The quantitative estimate of drug-likeness (QED) is 0.438. The first-order valence-electron chi connectivity index (χ1n) is 3.86. The van der Waals surface area contributed by atoms with E-state index >= 15 is 0 Å². The monoisotopic (exact) mass is 156 g/mol. The van der Waals surface area contributed by atoms with Crippen molar-refractivity contribution in [1.29, 1.82) is 0 Å². The van der Waals surface area contributed by atoms with Crippen LogP contribution in [0.3, 0.4) is 0 Å². The third-order valence-corrected chi connectivity index (χ3v) is 2.01. The van der Waals surface area contributed by atoms with Gasteiger partial charge in [-0.05, 0) is 0 Å². The number of rotatable bonds is 2. The van der Waals surface area contributed by atoms with Crippen LogP contribution in [-0.4, -0.2) is 18.4 Å². The normalized spacial score (nSPS) is 30.2. The third kappa shape index (κ3) is 1.42. The predicted octanol–water partition coefficient (Wildman–Crippen LogP) is 0.775. The molecule has 1 saturated heterocycles. The summed E-state index contributed by atoms with van der Waals surface area (Å²) in [5.74, 6) is -0.765. The summed E-state index contributed by atoms with van der Waals surface area (Å²) in [4.78, 5) is 22.1. The molecule has 0 saturated carbocycles. The van der Waals surface area contributed by atoms with E-state index in [9.17, 15) is 9.59 Å². The summed E-state index contributed by atoms with van der Waals surface area (Å²) in [7, 11) is 0. The van der Waals surface area contributed by atoms with Crippen molar-refractivity contribution in [3.63, 3.8) is 0 Å². The van der Waals surface area contributed by atoms with Gasteiger partial charge < -0.3 is 4.74 Å². The molecule has 1 aliphatic heterocycles. The summed E-state index contributed by atoms with van der Waals surface area (Å²) in [5.41, 5.74) is 0. The summed E-state index contributed by atoms with van der Waals surface area (Å²) in [6.07, 6.45) is 0.421. The molecular weight excluding hydrogens is 144 g/mol. The van der Waals surface area contributed by atoms with E-state index in [1.54, 1.807) is 6.92 Å². The number of hydrogen-bond donors (Lipinski definition) is 0. The first kappa shape index (κ1) is 8.24. The standard InChI is InChI=1S/C8H12O3/c1-3-6(9)7-5(2)4-11-8(7)10/h5,7H,3-4H2,1-2H3. The van der Waals surface area contributed by atoms with E-state index in [0.717, 1.165) is 0 Å². The van der Waals surface area contributed by atoms with Gasteiger partial charge in [-0.25, -0.2) is 0 Å². The minimum absolute atomic E-state index is 0.000000000000000444. The Morgan fingerprint density at radius 1 is 1.73 bits per heavy atom. The minimum Gasteiger partial charge on any atom is -0.465 e. The van der Waals surface area contributed by atoms with E-state index in [-0.39, 0.29) is 17.7 Å². The van der Waals surface area contributed by atoms with Crippen LogP contribution in [0.2, 0.25) is 0 Å². The summed E-state index contributed by atoms with van der Waals surface area (Å²) in [6, 6.07) is 0. The maximum Gasteiger partial charge on any atom is 0.316 e. The van der Waals surface area contributed by atoms with Crippen molar-refractivity contribution in [1.82, 2.24) is 0 Å². The molecule has 2 unspecified atom stereocenters. The minimum atomic E-state index is -0.486. The smallest absolute Gasteiger partial charge is 0.316 e. The lowest BCUT2D eigenvalue weighted by molar-refractivity contribution is -0.144. The molecule has 1 heterocycles. The lowest BCUT2D eigenvalue weighted by Gasteiger charge is -2.05. The Hall–Kier alpha value is -0.860. The first-order valence-corrected chi connectivity index (χ1v) is 3.86. The van der Waals surface area contributed by atoms with Crippen molar-refractivity contribution in [3.8, 4) is 0 Å².